The van der Waals surface area contributed by atoms with Crippen LogP contribution in [0.2, 0.25) is 0 Å². The van der Waals surface area contributed by atoms with Crippen molar-refractivity contribution >= 4 is 35.2 Å². The zero-order chi connectivity index (χ0) is 16.9. The molecule has 0 saturated heterocycles. The number of thiophene rings is 1. The molecule has 124 valence electrons. The van der Waals surface area contributed by atoms with Gasteiger partial charge in [0.15, 0.2) is 0 Å². The van der Waals surface area contributed by atoms with Gasteiger partial charge in [0.25, 0.3) is 10.7 Å². The highest BCUT2D eigenvalue weighted by Gasteiger charge is 2.09. The molecule has 0 amide bonds. The molecule has 0 fully saturated rings. The molecule has 0 radical (unpaired) electrons. The maximum Gasteiger partial charge on any atom is 0.338 e. The molecule has 8 heteroatoms. The molecule has 0 bridgehead atoms. The lowest BCUT2D eigenvalue weighted by Crippen LogP contribution is -2.10. The van der Waals surface area contributed by atoms with E-state index in [1.54, 1.807) is 47.2 Å². The molecule has 0 unspecified atom stereocenters. The van der Waals surface area contributed by atoms with Crippen LogP contribution in [0.1, 0.15) is 17.3 Å². The molecule has 2 heterocycles. The summed E-state index contributed by atoms with van der Waals surface area (Å²) in [6.45, 7) is 2.50. The normalized spacial score (nSPS) is 10.5. The summed E-state index contributed by atoms with van der Waals surface area (Å²) < 4.78 is 12.0. The Morgan fingerprint density at radius 3 is 2.83 bits per heavy atom. The second kappa shape index (κ2) is 7.41. The predicted octanol–water partition coefficient (Wildman–Crippen LogP) is 4.18. The first-order valence-electron chi connectivity index (χ1n) is 7.30. The first kappa shape index (κ1) is 16.4. The molecule has 3 rings (SSSR count). The number of hydrogen-bond donors (Lipinski definition) is 1. The highest BCUT2D eigenvalue weighted by Crippen LogP contribution is 2.23. The van der Waals surface area contributed by atoms with E-state index >= 15 is 0 Å². The van der Waals surface area contributed by atoms with Crippen LogP contribution in [0.25, 0.3) is 10.8 Å². The number of carbonyl (C=O) groups is 1. The van der Waals surface area contributed by atoms with Crippen molar-refractivity contribution in [3.8, 4) is 10.8 Å². The summed E-state index contributed by atoms with van der Waals surface area (Å²) in [5, 5.41) is 9.50. The van der Waals surface area contributed by atoms with Gasteiger partial charge in [-0.25, -0.2) is 9.48 Å². The zero-order valence-electron chi connectivity index (χ0n) is 12.9. The van der Waals surface area contributed by atoms with Crippen LogP contribution in [0.15, 0.2) is 46.2 Å². The highest BCUT2D eigenvalue weighted by molar-refractivity contribution is 7.71. The topological polar surface area (TPSA) is 69.3 Å². The first-order chi connectivity index (χ1) is 11.7. The fourth-order valence-electron chi connectivity index (χ4n) is 2.01. The van der Waals surface area contributed by atoms with Crippen LogP contribution in [0.3, 0.4) is 0 Å². The smallest absolute Gasteiger partial charge is 0.338 e. The molecule has 0 atom stereocenters. The van der Waals surface area contributed by atoms with Crippen molar-refractivity contribution in [1.82, 2.24) is 9.78 Å². The third-order valence-electron chi connectivity index (χ3n) is 3.17. The van der Waals surface area contributed by atoms with Crippen LogP contribution in [0.4, 0.5) is 5.69 Å². The lowest BCUT2D eigenvalue weighted by molar-refractivity contribution is 0.0526. The van der Waals surface area contributed by atoms with E-state index in [0.717, 1.165) is 10.6 Å². The molecule has 0 spiro atoms. The van der Waals surface area contributed by atoms with Crippen molar-refractivity contribution in [3.63, 3.8) is 0 Å². The summed E-state index contributed by atoms with van der Waals surface area (Å²) in [7, 11) is 0. The number of benzene rings is 1. The molecule has 3 aromatic rings. The van der Waals surface area contributed by atoms with E-state index in [0.29, 0.717) is 29.6 Å². The van der Waals surface area contributed by atoms with Gasteiger partial charge in [-0.1, -0.05) is 6.07 Å². The van der Waals surface area contributed by atoms with Crippen molar-refractivity contribution in [1.29, 1.82) is 0 Å². The molecule has 6 nitrogen and oxygen atoms in total. The Bertz CT molecular complexity index is 867. The molecule has 1 N–H and O–H groups in total. The molecule has 0 aliphatic carbocycles. The van der Waals surface area contributed by atoms with Crippen LogP contribution < -0.4 is 5.32 Å². The van der Waals surface area contributed by atoms with E-state index in [1.165, 1.54) is 0 Å². The largest absolute Gasteiger partial charge is 0.462 e. The number of ether oxygens (including phenoxy) is 1. The number of carbonyl (C=O) groups excluding carboxylic acids is 1. The van der Waals surface area contributed by atoms with Gasteiger partial charge in [-0.3, -0.25) is 0 Å². The number of nitrogens with one attached hydrogen (secondary N) is 1. The lowest BCUT2D eigenvalue weighted by Gasteiger charge is -2.06. The Balaban J connectivity index is 1.66. The Labute approximate surface area is 147 Å². The third kappa shape index (κ3) is 3.72. The van der Waals surface area contributed by atoms with Gasteiger partial charge >= 0.3 is 5.97 Å². The molecule has 0 aliphatic heterocycles. The average Bonchev–Trinajstić information content (AvgIpc) is 3.23. The third-order valence-corrected chi connectivity index (χ3v) is 4.32. The lowest BCUT2D eigenvalue weighted by atomic mass is 10.2. The maximum absolute atomic E-state index is 11.6. The van der Waals surface area contributed by atoms with Crippen LogP contribution >= 0.6 is 23.6 Å². The van der Waals surface area contributed by atoms with Gasteiger partial charge in [0.1, 0.15) is 6.67 Å². The number of hydrogen-bond acceptors (Lipinski definition) is 7. The summed E-state index contributed by atoms with van der Waals surface area (Å²) >= 11 is 6.72. The summed E-state index contributed by atoms with van der Waals surface area (Å²) in [5.74, 6) is 0.179. The number of aromatic nitrogens is 2. The minimum absolute atomic E-state index is 0.300. The van der Waals surface area contributed by atoms with E-state index < -0.39 is 0 Å². The second-order valence-electron chi connectivity index (χ2n) is 4.78. The van der Waals surface area contributed by atoms with Crippen molar-refractivity contribution < 1.29 is 13.9 Å². The summed E-state index contributed by atoms with van der Waals surface area (Å²) in [4.78, 5) is 12.8. The number of esters is 1. The molecule has 0 saturated carbocycles. The predicted molar refractivity (Wildman–Crippen MR) is 94.7 cm³/mol. The summed E-state index contributed by atoms with van der Waals surface area (Å²) in [6.07, 6.45) is 0. The zero-order valence-corrected chi connectivity index (χ0v) is 14.5. The van der Waals surface area contributed by atoms with Crippen molar-refractivity contribution in [2.45, 2.75) is 13.6 Å². The first-order valence-corrected chi connectivity index (χ1v) is 8.59. The Hall–Kier alpha value is -2.45. The number of anilines is 1. The minimum atomic E-state index is -0.330. The standard InChI is InChI=1S/C16H15N3O3S2/c1-2-21-15(20)11-5-7-12(8-6-11)17-10-19-16(23)22-14(18-19)13-4-3-9-24-13/h3-9,17H,2,10H2,1H3. The van der Waals surface area contributed by atoms with Crippen LogP contribution in [0.5, 0.6) is 0 Å². The van der Waals surface area contributed by atoms with E-state index in [2.05, 4.69) is 10.4 Å². The van der Waals surface area contributed by atoms with E-state index in [4.69, 9.17) is 21.4 Å². The Morgan fingerprint density at radius 2 is 2.17 bits per heavy atom. The SMILES string of the molecule is CCOC(=O)c1ccc(NCn2nc(-c3cccs3)oc2=S)cc1. The minimum Gasteiger partial charge on any atom is -0.462 e. The van der Waals surface area contributed by atoms with Crippen LogP contribution in [-0.2, 0) is 11.4 Å². The average molecular weight is 361 g/mol. The fourth-order valence-corrected chi connectivity index (χ4v) is 2.84. The van der Waals surface area contributed by atoms with E-state index in [9.17, 15) is 4.79 Å². The molecular formula is C16H15N3O3S2. The van der Waals surface area contributed by atoms with Gasteiger partial charge in [0.05, 0.1) is 17.0 Å². The molecule has 0 aliphatic rings. The van der Waals surface area contributed by atoms with Gasteiger partial charge in [-0.05, 0) is 54.9 Å². The Kier molecular flexibility index (Phi) is 5.07. The van der Waals surface area contributed by atoms with Gasteiger partial charge < -0.3 is 14.5 Å². The van der Waals surface area contributed by atoms with Crippen molar-refractivity contribution in [3.05, 3.63) is 52.2 Å². The van der Waals surface area contributed by atoms with Crippen LogP contribution in [-0.4, -0.2) is 22.4 Å². The van der Waals surface area contributed by atoms with E-state index in [1.807, 2.05) is 17.5 Å². The molecule has 24 heavy (non-hydrogen) atoms. The Morgan fingerprint density at radius 1 is 1.38 bits per heavy atom. The number of rotatable bonds is 6. The maximum atomic E-state index is 11.6. The molecular weight excluding hydrogens is 346 g/mol. The highest BCUT2D eigenvalue weighted by atomic mass is 32.1. The van der Waals surface area contributed by atoms with Crippen LogP contribution in [0, 0.1) is 4.84 Å². The van der Waals surface area contributed by atoms with Gasteiger partial charge in [-0.2, -0.15) is 0 Å². The van der Waals surface area contributed by atoms with Gasteiger partial charge in [-0.15, -0.1) is 16.4 Å². The summed E-state index contributed by atoms with van der Waals surface area (Å²) in [6, 6.07) is 10.9. The quantitative estimate of drug-likeness (QED) is 0.525. The number of nitrogens with zero attached hydrogens (tertiary/aromatic N) is 2. The van der Waals surface area contributed by atoms with Crippen molar-refractivity contribution in [2.24, 2.45) is 0 Å². The summed E-state index contributed by atoms with van der Waals surface area (Å²) in [5.41, 5.74) is 1.35. The molecule has 2 aromatic heterocycles. The van der Waals surface area contributed by atoms with E-state index in [-0.39, 0.29) is 5.97 Å². The van der Waals surface area contributed by atoms with Gasteiger partial charge in [0, 0.05) is 5.69 Å². The van der Waals surface area contributed by atoms with Gasteiger partial charge in [0.2, 0.25) is 0 Å². The molecule has 1 aromatic carbocycles. The second-order valence-corrected chi connectivity index (χ2v) is 6.08. The monoisotopic (exact) mass is 361 g/mol. The van der Waals surface area contributed by atoms with Crippen molar-refractivity contribution in [2.75, 3.05) is 11.9 Å². The fraction of sp³-hybridized carbons (Fsp3) is 0.188.